The monoisotopic (exact) mass is 1970 g/mol. The Balaban J connectivity index is 0. The SMILES string of the molecule is CCCCCCCCC(/C=C/CCCCCCC(=O)N(C)CCS(=O)(=O)[O-])C(CCCCCCCC)CCCCCCCCC(=O)N(C)CCS(=O)(=O)[O-].CCCCCCCCCC/C=C(/CCCCCC(=O)NCCS(=O)(=O)[O-])C(CCCCCC(=O)NCCS(=O)(=O)[O-])C(CCCCCCCCCC)C(CCCCCCCCC)CCCCCCCC(=O)NCCS(=O)(=O)[O-]. The second-order valence-electron chi connectivity index (χ2n) is 38.3. The third-order valence-corrected chi connectivity index (χ3v) is 29.6. The first-order chi connectivity index (χ1) is 63.0. The molecule has 5 unspecified atom stereocenters. The Labute approximate surface area is 808 Å². The maximum absolute atomic E-state index is 12.7. The van der Waals surface area contributed by atoms with E-state index in [4.69, 9.17) is 0 Å². The Morgan fingerprint density at radius 2 is 0.523 bits per heavy atom. The van der Waals surface area contributed by atoms with Crippen molar-refractivity contribution in [1.29, 1.82) is 0 Å². The van der Waals surface area contributed by atoms with Gasteiger partial charge in [0.05, 0.1) is 79.4 Å². The topological polar surface area (TPSA) is 414 Å². The normalized spacial score (nSPS) is 13.5. The molecule has 0 saturated heterocycles. The van der Waals surface area contributed by atoms with Crippen LogP contribution in [0.5, 0.6) is 0 Å². The summed E-state index contributed by atoms with van der Waals surface area (Å²) in [7, 11) is -18.7. The largest absolute Gasteiger partial charge is 0.748 e. The maximum atomic E-state index is 12.7. The van der Waals surface area contributed by atoms with Crippen LogP contribution in [0.2, 0.25) is 0 Å². The van der Waals surface area contributed by atoms with E-state index >= 15 is 0 Å². The highest BCUT2D eigenvalue weighted by Crippen LogP contribution is 2.43. The summed E-state index contributed by atoms with van der Waals surface area (Å²) in [6.45, 7) is 10.6. The van der Waals surface area contributed by atoms with E-state index in [2.05, 4.69) is 68.8 Å². The number of amides is 5. The van der Waals surface area contributed by atoms with Gasteiger partial charge in [-0.2, -0.15) is 0 Å². The summed E-state index contributed by atoms with van der Waals surface area (Å²) in [6, 6.07) is 0. The molecule has 0 fully saturated rings. The van der Waals surface area contributed by atoms with E-state index in [-0.39, 0.29) is 75.1 Å². The van der Waals surface area contributed by atoms with Gasteiger partial charge < -0.3 is 48.5 Å². The Bertz CT molecular complexity index is 3460. The number of carbonyl (C=O) groups excluding carboxylic acids is 5. The standard InChI is InChI=1S/C60H117N3O12S3.C42H82N2O8S2/c1-4-7-10-13-16-18-20-24-31-40-55(42-33-28-37-46-59(65)62-49-52-77(70,71)72)57(44-35-29-38-47-60(66)63-50-53-78(73,74)75)56(43-34-26-21-17-14-11-8-5-2)54(39-30-23-19-15-12-9-6-3)41-32-25-22-27-36-45-58(64)61-48-51-76(67,68)69;1-5-7-9-11-17-23-29-39(31-25-19-13-15-21-27-33-41(45)43(3)35-37-53(47,48)49)40(30-24-18-12-10-8-6-2)32-26-20-14-16-22-28-34-42(46)44(4)36-38-54(50,51)52/h40,54,56-57H,4-39,41-53H2,1-3H3,(H,61,64)(H,62,65)(H,63,66)(H,67,68,69)(H,70,71,72)(H,73,74,75);25,31,39-40H,5-24,26-30,32-38H2,1-4H3,(H,47,48,49)(H,50,51,52)/p-5/b55-40-;31-25+. The lowest BCUT2D eigenvalue weighted by Gasteiger charge is -2.37. The van der Waals surface area contributed by atoms with Crippen LogP contribution in [-0.4, -0.2) is 180 Å². The fourth-order valence-corrected chi connectivity index (χ4v) is 20.1. The number of nitrogens with zero attached hydrogens (tertiary/aromatic N) is 2. The molecule has 0 saturated carbocycles. The smallest absolute Gasteiger partial charge is 0.222 e. The molecule has 0 aliphatic heterocycles. The molecule has 782 valence electrons. The predicted molar refractivity (Wildman–Crippen MR) is 538 cm³/mol. The van der Waals surface area contributed by atoms with E-state index in [9.17, 15) is 88.8 Å². The van der Waals surface area contributed by atoms with E-state index in [1.54, 1.807) is 14.1 Å². The first-order valence-corrected chi connectivity index (χ1v) is 61.2. The first kappa shape index (κ1) is 130. The first-order valence-electron chi connectivity index (χ1n) is 53.3. The zero-order valence-electron chi connectivity index (χ0n) is 84.5. The minimum atomic E-state index is -4.42. The van der Waals surface area contributed by atoms with Crippen molar-refractivity contribution in [3.8, 4) is 0 Å². The lowest BCUT2D eigenvalue weighted by atomic mass is 9.68. The van der Waals surface area contributed by atoms with Gasteiger partial charge in [-0.3, -0.25) is 24.0 Å². The van der Waals surface area contributed by atoms with Crippen molar-refractivity contribution < 1.29 is 88.8 Å². The van der Waals surface area contributed by atoms with Crippen LogP contribution >= 0.6 is 0 Å². The number of carbonyl (C=O) groups is 5. The van der Waals surface area contributed by atoms with Gasteiger partial charge >= 0.3 is 0 Å². The van der Waals surface area contributed by atoms with Gasteiger partial charge in [-0.1, -0.05) is 379 Å². The van der Waals surface area contributed by atoms with Gasteiger partial charge in [0.2, 0.25) is 29.5 Å². The molecule has 30 heteroatoms. The van der Waals surface area contributed by atoms with E-state index in [0.29, 0.717) is 68.1 Å². The highest BCUT2D eigenvalue weighted by Gasteiger charge is 2.32. The number of rotatable bonds is 96. The average Bonchev–Trinajstić information content (AvgIpc) is 0.838. The average molecular weight is 1970 g/mol. The lowest BCUT2D eigenvalue weighted by molar-refractivity contribution is -0.130. The Hall–Kier alpha value is -3.62. The van der Waals surface area contributed by atoms with Gasteiger partial charge in [0.1, 0.15) is 0 Å². The molecule has 5 amide bonds. The minimum Gasteiger partial charge on any atom is -0.748 e. The van der Waals surface area contributed by atoms with Crippen molar-refractivity contribution in [1.82, 2.24) is 25.8 Å². The van der Waals surface area contributed by atoms with E-state index < -0.39 is 79.4 Å². The molecule has 3 N–H and O–H groups in total. The molecule has 0 aromatic carbocycles. The maximum Gasteiger partial charge on any atom is 0.222 e. The van der Waals surface area contributed by atoms with Crippen LogP contribution in [0.1, 0.15) is 490 Å². The molecule has 5 atom stereocenters. The zero-order chi connectivity index (χ0) is 98.5. The summed E-state index contributed by atoms with van der Waals surface area (Å²) in [5.74, 6) is -1.24. The van der Waals surface area contributed by atoms with Crippen molar-refractivity contribution in [2.24, 2.45) is 29.6 Å². The van der Waals surface area contributed by atoms with Crippen molar-refractivity contribution >= 4 is 80.1 Å². The van der Waals surface area contributed by atoms with Gasteiger partial charge in [0.25, 0.3) is 0 Å². The van der Waals surface area contributed by atoms with Crippen LogP contribution in [0.3, 0.4) is 0 Å². The fourth-order valence-electron chi connectivity index (χ4n) is 18.0. The second kappa shape index (κ2) is 87.6. The molecule has 25 nitrogen and oxygen atoms in total. The summed E-state index contributed by atoms with van der Waals surface area (Å²) < 4.78 is 165. The predicted octanol–water partition coefficient (Wildman–Crippen LogP) is 23.3. The highest BCUT2D eigenvalue weighted by atomic mass is 32.2. The molecule has 132 heavy (non-hydrogen) atoms. The van der Waals surface area contributed by atoms with Gasteiger partial charge in [-0.05, 0) is 132 Å². The lowest BCUT2D eigenvalue weighted by Crippen LogP contribution is -2.31. The van der Waals surface area contributed by atoms with Crippen LogP contribution in [0, 0.1) is 29.6 Å². The number of unbranched alkanes of at least 4 members (excludes halogenated alkanes) is 48. The molecule has 0 aliphatic carbocycles. The van der Waals surface area contributed by atoms with Crippen LogP contribution in [0.15, 0.2) is 23.8 Å². The summed E-state index contributed by atoms with van der Waals surface area (Å²) in [5.41, 5.74) is 1.53. The van der Waals surface area contributed by atoms with Crippen molar-refractivity contribution in [2.45, 2.75) is 490 Å². The van der Waals surface area contributed by atoms with Gasteiger partial charge in [-0.15, -0.1) is 0 Å². The Morgan fingerprint density at radius 3 is 0.856 bits per heavy atom. The van der Waals surface area contributed by atoms with Crippen molar-refractivity contribution in [2.75, 3.05) is 75.6 Å². The van der Waals surface area contributed by atoms with E-state index in [1.807, 2.05) is 0 Å². The summed E-state index contributed by atoms with van der Waals surface area (Å²) in [4.78, 5) is 64.9. The number of allylic oxidation sites excluding steroid dienone is 4. The Kier molecular flexibility index (Phi) is 86.6. The van der Waals surface area contributed by atoms with E-state index in [1.165, 1.54) is 272 Å². The van der Waals surface area contributed by atoms with Gasteiger partial charge in [0, 0.05) is 78.9 Å². The molecule has 0 aromatic heterocycles. The quantitative estimate of drug-likeness (QED) is 0.0289. The van der Waals surface area contributed by atoms with Gasteiger partial charge in [-0.25, -0.2) is 42.1 Å². The van der Waals surface area contributed by atoms with Gasteiger partial charge in [0.15, 0.2) is 0 Å². The summed E-state index contributed by atoms with van der Waals surface area (Å²) in [6.07, 6.45) is 84.7. The van der Waals surface area contributed by atoms with Crippen molar-refractivity contribution in [3.63, 3.8) is 0 Å². The number of hydrogen-bond donors (Lipinski definition) is 3. The second-order valence-corrected chi connectivity index (χ2v) is 45.9. The van der Waals surface area contributed by atoms with E-state index in [0.717, 1.165) is 148 Å². The summed E-state index contributed by atoms with van der Waals surface area (Å²) in [5, 5.41) is 7.74. The fraction of sp³-hybridized carbons (Fsp3) is 0.912. The molecule has 0 spiro atoms. The molecule has 0 aromatic rings. The molecular weight excluding hydrogens is 1780 g/mol. The molecule has 0 rings (SSSR count). The summed E-state index contributed by atoms with van der Waals surface area (Å²) >= 11 is 0. The number of hydrogen-bond acceptors (Lipinski definition) is 20. The third kappa shape index (κ3) is 91.5. The van der Waals surface area contributed by atoms with Crippen LogP contribution in [0.4, 0.5) is 0 Å². The molecule has 0 radical (unpaired) electrons. The Morgan fingerprint density at radius 1 is 0.273 bits per heavy atom. The third-order valence-electron chi connectivity index (χ3n) is 26.2. The van der Waals surface area contributed by atoms with Crippen LogP contribution in [0.25, 0.3) is 0 Å². The number of nitrogens with one attached hydrogen (secondary N) is 3. The molecule has 0 aliphatic rings. The highest BCUT2D eigenvalue weighted by molar-refractivity contribution is 7.86. The molecule has 0 bridgehead atoms. The molecule has 0 heterocycles. The van der Waals surface area contributed by atoms with Crippen molar-refractivity contribution in [3.05, 3.63) is 23.8 Å². The molecular formula is C102H194N5O20S5-5. The van der Waals surface area contributed by atoms with Crippen LogP contribution in [-0.2, 0) is 74.6 Å². The minimum absolute atomic E-state index is 0.0486. The zero-order valence-corrected chi connectivity index (χ0v) is 88.6. The van der Waals surface area contributed by atoms with Crippen LogP contribution < -0.4 is 16.0 Å².